The van der Waals surface area contributed by atoms with E-state index < -0.39 is 27.0 Å². The summed E-state index contributed by atoms with van der Waals surface area (Å²) in [6.45, 7) is 0. The summed E-state index contributed by atoms with van der Waals surface area (Å²) in [6, 6.07) is 19.6. The average molecular weight is 956 g/mol. The van der Waals surface area contributed by atoms with Crippen molar-refractivity contribution >= 4 is 116 Å². The molecule has 0 amide bonds. The van der Waals surface area contributed by atoms with Crippen LogP contribution in [0.5, 0.6) is 0 Å². The molecule has 0 spiro atoms. The van der Waals surface area contributed by atoms with E-state index in [9.17, 15) is 38.0 Å². The molecule has 0 aliphatic carbocycles. The number of hydrogen-bond acceptors (Lipinski definition) is 21. The largest absolute Gasteiger partial charge is 1.00 e. The average Bonchev–Trinajstić information content (AvgIpc) is 3.16. The van der Waals surface area contributed by atoms with Crippen LogP contribution in [0, 0.1) is 0 Å². The second-order valence-corrected chi connectivity index (χ2v) is 14.0. The molecule has 20 nitrogen and oxygen atoms in total. The molecule has 6 rings (SSSR count). The van der Waals surface area contributed by atoms with Crippen LogP contribution < -0.4 is 155 Å². The van der Waals surface area contributed by atoms with Crippen molar-refractivity contribution in [3.8, 4) is 0 Å². The molecule has 0 radical (unpaired) electrons. The van der Waals surface area contributed by atoms with Gasteiger partial charge in [-0.1, -0.05) is 48.6 Å². The van der Waals surface area contributed by atoms with Crippen molar-refractivity contribution in [2.75, 3.05) is 21.3 Å². The molecule has 6 aromatic rings. The van der Waals surface area contributed by atoms with Crippen molar-refractivity contribution in [1.82, 2.24) is 29.9 Å². The minimum absolute atomic E-state index is 0. The number of carboxylic acids is 2. The molecule has 4 aromatic carbocycles. The predicted octanol–water partition coefficient (Wildman–Crippen LogP) is -8.61. The van der Waals surface area contributed by atoms with E-state index in [2.05, 4.69) is 60.5 Å². The van der Waals surface area contributed by atoms with Gasteiger partial charge < -0.3 is 50.9 Å². The number of carbonyl (C=O) groups is 2. The van der Waals surface area contributed by atoms with Gasteiger partial charge in [-0.3, -0.25) is 5.04 Å². The van der Waals surface area contributed by atoms with Gasteiger partial charge in [-0.25, -0.2) is 8.42 Å². The van der Waals surface area contributed by atoms with Crippen LogP contribution in [-0.2, 0) is 19.5 Å². The number of carbonyl (C=O) groups excluding carboxylic acids is 2. The molecule has 0 atom stereocenters. The Morgan fingerprint density at radius 3 is 1.35 bits per heavy atom. The summed E-state index contributed by atoms with van der Waals surface area (Å²) in [5.41, 5.74) is 1.61. The quantitative estimate of drug-likeness (QED) is 0.0175. The maximum atomic E-state index is 12.4. The van der Waals surface area contributed by atoms with E-state index in [0.717, 1.165) is 6.07 Å². The summed E-state index contributed by atoms with van der Waals surface area (Å²) in [4.78, 5) is 46.2. The molecule has 2 heterocycles. The molecule has 0 saturated heterocycles. The summed E-state index contributed by atoms with van der Waals surface area (Å²) < 4.78 is 41.7. The third-order valence-corrected chi connectivity index (χ3v) is 9.26. The van der Waals surface area contributed by atoms with Gasteiger partial charge in [0.05, 0.1) is 28.9 Å². The molecule has 296 valence electrons. The molecule has 0 saturated carbocycles. The summed E-state index contributed by atoms with van der Waals surface area (Å²) in [5, 5.41) is 47.3. The Kier molecular flexibility index (Phi) is 23.2. The predicted molar refractivity (Wildman–Crippen MR) is 202 cm³/mol. The number of hydrogen-bond donors (Lipinski definition) is 4. The third-order valence-electron chi connectivity index (χ3n) is 7.37. The second kappa shape index (κ2) is 25.8. The first-order valence-electron chi connectivity index (χ1n) is 15.8. The molecule has 0 aliphatic heterocycles. The number of carboxylic acid groups (broad SMARTS) is 2. The molecule has 4 N–H and O–H groups in total. The van der Waals surface area contributed by atoms with Crippen LogP contribution in [0.2, 0.25) is 10.6 Å². The molecule has 28 heteroatoms. The van der Waals surface area contributed by atoms with E-state index in [4.69, 9.17) is 23.2 Å². The summed E-state index contributed by atoms with van der Waals surface area (Å²) >= 11 is 12.7. The van der Waals surface area contributed by atoms with Crippen LogP contribution >= 0.6 is 35.2 Å². The second-order valence-electron chi connectivity index (χ2n) is 11.2. The Morgan fingerprint density at radius 2 is 0.952 bits per heavy atom. The van der Waals surface area contributed by atoms with E-state index in [1.807, 2.05) is 0 Å². The minimum Gasteiger partial charge on any atom is -0.744 e. The van der Waals surface area contributed by atoms with E-state index in [0.29, 0.717) is 34.7 Å². The van der Waals surface area contributed by atoms with Crippen LogP contribution in [-0.4, -0.2) is 54.8 Å². The number of rotatable bonds is 16. The van der Waals surface area contributed by atoms with Gasteiger partial charge in [0.2, 0.25) is 34.4 Å². The Balaban J connectivity index is 0.00000331. The van der Waals surface area contributed by atoms with Gasteiger partial charge in [0.1, 0.15) is 10.1 Å². The van der Waals surface area contributed by atoms with Gasteiger partial charge in [-0.15, -0.1) is 0 Å². The molecular formula is C34H20Cl2N10Na4O10S2. The molecule has 0 bridgehead atoms. The molecule has 2 aromatic heterocycles. The van der Waals surface area contributed by atoms with Crippen LogP contribution in [0.4, 0.5) is 46.5 Å². The fourth-order valence-electron chi connectivity index (χ4n) is 4.84. The number of aromatic carboxylic acids is 2. The van der Waals surface area contributed by atoms with E-state index in [-0.39, 0.29) is 180 Å². The standard InChI is InChI=1S/C34H24Cl2N10O10S2.4Na/c35-29-41-31(37-21-9-5-19(6-10-21)27(47)48)45-33(43-29)39-23-13-3-17(25(15-23)57-56-55-51)1-2-18-4-14-24(16-26(18)58(52,53)54)40-34-44-30(36)42-32(46-34)38-22-11-7-20(8-12-22)28(49)50;;;;/h1-16,51H,(H,47,48)(H,49,50)(H,52,53,54)(H2,37,39,41,43,45)(H2,38,40,42,44,46);;;;/q;4*+1/p-4/b2-1+;;;;. The monoisotopic (exact) mass is 954 g/mol. The molecule has 0 aliphatic rings. The van der Waals surface area contributed by atoms with Crippen LogP contribution in [0.15, 0.2) is 94.7 Å². The molecule has 0 unspecified atom stereocenters. The zero-order valence-corrected chi connectivity index (χ0v) is 43.7. The van der Waals surface area contributed by atoms with Crippen molar-refractivity contribution in [2.45, 2.75) is 9.79 Å². The van der Waals surface area contributed by atoms with Crippen molar-refractivity contribution in [2.24, 2.45) is 0 Å². The van der Waals surface area contributed by atoms with Crippen molar-refractivity contribution < 1.29 is 166 Å². The van der Waals surface area contributed by atoms with Crippen LogP contribution in [0.25, 0.3) is 12.2 Å². The summed E-state index contributed by atoms with van der Waals surface area (Å²) in [7, 11) is -5.06. The van der Waals surface area contributed by atoms with Gasteiger partial charge in [-0.05, 0) is 94.0 Å². The van der Waals surface area contributed by atoms with Crippen LogP contribution in [0.3, 0.4) is 0 Å². The Morgan fingerprint density at radius 1 is 0.581 bits per heavy atom. The molecular weight excluding hydrogens is 935 g/mol. The first-order valence-corrected chi connectivity index (χ1v) is 18.7. The topological polar surface area (TPSA) is 304 Å². The van der Waals surface area contributed by atoms with Gasteiger partial charge in [0.25, 0.3) is 0 Å². The zero-order chi connectivity index (χ0) is 41.4. The Hall–Kier alpha value is -2.50. The van der Waals surface area contributed by atoms with Crippen molar-refractivity contribution in [3.05, 3.63) is 118 Å². The Labute approximate surface area is 454 Å². The minimum atomic E-state index is -5.06. The number of nitrogens with one attached hydrogen (secondary N) is 4. The first-order chi connectivity index (χ1) is 27.7. The molecule has 62 heavy (non-hydrogen) atoms. The van der Waals surface area contributed by atoms with Gasteiger partial charge >= 0.3 is 118 Å². The maximum absolute atomic E-state index is 12.4. The smallest absolute Gasteiger partial charge is 0.744 e. The maximum Gasteiger partial charge on any atom is 1.00 e. The molecule has 0 fully saturated rings. The Bertz CT molecular complexity index is 2670. The summed E-state index contributed by atoms with van der Waals surface area (Å²) in [5.74, 6) is -2.85. The van der Waals surface area contributed by atoms with Gasteiger partial charge in [0, 0.05) is 27.6 Å². The number of anilines is 8. The van der Waals surface area contributed by atoms with Crippen molar-refractivity contribution in [3.63, 3.8) is 0 Å². The fraction of sp³-hybridized carbons (Fsp3) is 0. The fourth-order valence-corrected chi connectivity index (χ4v) is 6.36. The van der Waals surface area contributed by atoms with E-state index in [1.54, 1.807) is 12.1 Å². The first kappa shape index (κ1) is 55.6. The van der Waals surface area contributed by atoms with Crippen LogP contribution in [0.1, 0.15) is 31.8 Å². The number of benzene rings is 4. The van der Waals surface area contributed by atoms with Gasteiger partial charge in [-0.2, -0.15) is 34.2 Å². The van der Waals surface area contributed by atoms with E-state index in [1.165, 1.54) is 78.9 Å². The zero-order valence-electron chi connectivity index (χ0n) is 32.6. The van der Waals surface area contributed by atoms with Gasteiger partial charge in [0.15, 0.2) is 0 Å². The summed E-state index contributed by atoms with van der Waals surface area (Å²) in [6.07, 6.45) is 2.80. The van der Waals surface area contributed by atoms with E-state index >= 15 is 0 Å². The normalized spacial score (nSPS) is 10.6. The number of nitrogens with zero attached hydrogens (tertiary/aromatic N) is 6. The number of halogens is 2. The third kappa shape index (κ3) is 16.2. The number of aromatic nitrogens is 6. The SMILES string of the molecule is O=C([O-])c1ccc(Nc2nc(Cl)nc(Nc3ccc(/C=C/c4ccc(Nc5nc(Cl)nc(Nc6ccc(C(=O)[O-])cc6)n5)cc4S(=O)(=O)[O-])c(SOO[O-])c3)n2)cc1.[Na+].[Na+].[Na+].[Na+]. The van der Waals surface area contributed by atoms with Crippen molar-refractivity contribution in [1.29, 1.82) is 0 Å².